The number of hydrogen-bond donors (Lipinski definition) is 1. The SMILES string of the molecule is CCOc1cccc(C2CN(CC)C(NC(=O)OC)=N2)c1OCC. The Hall–Kier alpha value is -2.44. The summed E-state index contributed by atoms with van der Waals surface area (Å²) in [7, 11) is 1.33. The van der Waals surface area contributed by atoms with Crippen molar-refractivity contribution in [3.8, 4) is 11.5 Å². The van der Waals surface area contributed by atoms with Crippen molar-refractivity contribution >= 4 is 12.1 Å². The molecule has 1 aliphatic rings. The highest BCUT2D eigenvalue weighted by molar-refractivity contribution is 5.95. The van der Waals surface area contributed by atoms with Gasteiger partial charge in [0.05, 0.1) is 20.3 Å². The highest BCUT2D eigenvalue weighted by Gasteiger charge is 2.29. The molecule has 0 bridgehead atoms. The van der Waals surface area contributed by atoms with Gasteiger partial charge < -0.3 is 19.1 Å². The summed E-state index contributed by atoms with van der Waals surface area (Å²) in [5.74, 6) is 1.94. The molecule has 7 nitrogen and oxygen atoms in total. The summed E-state index contributed by atoms with van der Waals surface area (Å²) < 4.78 is 16.1. The molecule has 1 N–H and O–H groups in total. The van der Waals surface area contributed by atoms with Gasteiger partial charge in [0.2, 0.25) is 5.96 Å². The number of nitrogens with zero attached hydrogens (tertiary/aromatic N) is 2. The second-order valence-corrected chi connectivity index (χ2v) is 5.16. The number of alkyl carbamates (subject to hydrolysis) is 1. The van der Waals surface area contributed by atoms with E-state index in [1.54, 1.807) is 0 Å². The molecule has 1 aromatic rings. The van der Waals surface area contributed by atoms with Gasteiger partial charge in [-0.2, -0.15) is 0 Å². The first-order chi connectivity index (χ1) is 11.6. The fraction of sp³-hybridized carbons (Fsp3) is 0.529. The minimum atomic E-state index is -0.527. The Balaban J connectivity index is 2.33. The number of likely N-dealkylation sites (N-methyl/N-ethyl adjacent to an activating group) is 1. The summed E-state index contributed by atoms with van der Waals surface area (Å²) in [4.78, 5) is 18.1. The van der Waals surface area contributed by atoms with Crippen molar-refractivity contribution in [2.45, 2.75) is 26.8 Å². The number of ether oxygens (including phenoxy) is 3. The first-order valence-electron chi connectivity index (χ1n) is 8.20. The first-order valence-corrected chi connectivity index (χ1v) is 8.20. The highest BCUT2D eigenvalue weighted by atomic mass is 16.5. The van der Waals surface area contributed by atoms with Crippen LogP contribution < -0.4 is 14.8 Å². The zero-order valence-electron chi connectivity index (χ0n) is 14.7. The molecular formula is C17H25N3O4. The van der Waals surface area contributed by atoms with Crippen LogP contribution in [-0.2, 0) is 4.74 Å². The predicted molar refractivity (Wildman–Crippen MR) is 91.7 cm³/mol. The predicted octanol–water partition coefficient (Wildman–Crippen LogP) is 2.57. The number of hydrogen-bond acceptors (Lipinski definition) is 6. The van der Waals surface area contributed by atoms with Crippen LogP contribution in [0.5, 0.6) is 11.5 Å². The average molecular weight is 335 g/mol. The molecule has 1 amide bonds. The van der Waals surface area contributed by atoms with Crippen molar-refractivity contribution in [1.29, 1.82) is 0 Å². The van der Waals surface area contributed by atoms with E-state index in [-0.39, 0.29) is 6.04 Å². The lowest BCUT2D eigenvalue weighted by Gasteiger charge is -2.20. The van der Waals surface area contributed by atoms with Gasteiger partial charge in [-0.25, -0.2) is 9.79 Å². The van der Waals surface area contributed by atoms with Gasteiger partial charge in [0.1, 0.15) is 6.04 Å². The van der Waals surface area contributed by atoms with Gasteiger partial charge in [0, 0.05) is 18.7 Å². The van der Waals surface area contributed by atoms with Crippen molar-refractivity contribution in [1.82, 2.24) is 10.2 Å². The van der Waals surface area contributed by atoms with Gasteiger partial charge in [-0.3, -0.25) is 5.32 Å². The number of nitrogens with one attached hydrogen (secondary N) is 1. The van der Waals surface area contributed by atoms with Gasteiger partial charge in [0.15, 0.2) is 11.5 Å². The molecule has 0 saturated heterocycles. The summed E-state index contributed by atoms with van der Waals surface area (Å²) in [6, 6.07) is 5.66. The van der Waals surface area contributed by atoms with E-state index in [1.807, 2.05) is 43.9 Å². The molecule has 1 heterocycles. The van der Waals surface area contributed by atoms with Gasteiger partial charge in [-0.15, -0.1) is 0 Å². The van der Waals surface area contributed by atoms with Crippen LogP contribution in [0.2, 0.25) is 0 Å². The van der Waals surface area contributed by atoms with Crippen LogP contribution in [0, 0.1) is 0 Å². The lowest BCUT2D eigenvalue weighted by Crippen LogP contribution is -2.41. The maximum Gasteiger partial charge on any atom is 0.413 e. The van der Waals surface area contributed by atoms with Crippen molar-refractivity contribution in [2.75, 3.05) is 33.4 Å². The molecule has 0 saturated carbocycles. The molecule has 1 aliphatic heterocycles. The van der Waals surface area contributed by atoms with Gasteiger partial charge in [-0.05, 0) is 26.8 Å². The topological polar surface area (TPSA) is 72.4 Å². The van der Waals surface area contributed by atoms with Crippen molar-refractivity contribution < 1.29 is 19.0 Å². The molecule has 7 heteroatoms. The van der Waals surface area contributed by atoms with Crippen molar-refractivity contribution in [2.24, 2.45) is 4.99 Å². The third kappa shape index (κ3) is 3.90. The smallest absolute Gasteiger partial charge is 0.413 e. The second-order valence-electron chi connectivity index (χ2n) is 5.16. The van der Waals surface area contributed by atoms with Crippen LogP contribution in [0.25, 0.3) is 0 Å². The average Bonchev–Trinajstić information content (AvgIpc) is 2.99. The molecule has 24 heavy (non-hydrogen) atoms. The quantitative estimate of drug-likeness (QED) is 0.865. The summed E-state index contributed by atoms with van der Waals surface area (Å²) in [5.41, 5.74) is 0.947. The number of amides is 1. The summed E-state index contributed by atoms with van der Waals surface area (Å²) in [6.45, 7) is 8.38. The van der Waals surface area contributed by atoms with E-state index in [0.29, 0.717) is 37.2 Å². The molecule has 0 fully saturated rings. The zero-order valence-corrected chi connectivity index (χ0v) is 14.7. The molecular weight excluding hydrogens is 310 g/mol. The van der Waals surface area contributed by atoms with E-state index in [0.717, 1.165) is 12.1 Å². The minimum Gasteiger partial charge on any atom is -0.490 e. The number of benzene rings is 1. The Morgan fingerprint density at radius 2 is 2.04 bits per heavy atom. The Morgan fingerprint density at radius 3 is 2.67 bits per heavy atom. The Kier molecular flexibility index (Phi) is 6.28. The molecule has 132 valence electrons. The largest absolute Gasteiger partial charge is 0.490 e. The van der Waals surface area contributed by atoms with E-state index in [9.17, 15) is 4.79 Å². The number of guanidine groups is 1. The fourth-order valence-corrected chi connectivity index (χ4v) is 2.63. The third-order valence-electron chi connectivity index (χ3n) is 3.71. The Morgan fingerprint density at radius 1 is 1.29 bits per heavy atom. The molecule has 1 aromatic carbocycles. The van der Waals surface area contributed by atoms with Crippen LogP contribution in [-0.4, -0.2) is 50.4 Å². The lowest BCUT2D eigenvalue weighted by molar-refractivity contribution is 0.175. The second kappa shape index (κ2) is 8.42. The molecule has 0 radical (unpaired) electrons. The molecule has 0 spiro atoms. The normalized spacial score (nSPS) is 16.6. The van der Waals surface area contributed by atoms with E-state index in [1.165, 1.54) is 7.11 Å². The van der Waals surface area contributed by atoms with Crippen LogP contribution in [0.15, 0.2) is 23.2 Å². The van der Waals surface area contributed by atoms with E-state index >= 15 is 0 Å². The molecule has 0 aliphatic carbocycles. The van der Waals surface area contributed by atoms with E-state index in [2.05, 4.69) is 15.0 Å². The van der Waals surface area contributed by atoms with Gasteiger partial charge in [-0.1, -0.05) is 12.1 Å². The molecule has 2 rings (SSSR count). The maximum atomic E-state index is 11.5. The van der Waals surface area contributed by atoms with E-state index in [4.69, 9.17) is 9.47 Å². The molecule has 1 unspecified atom stereocenters. The summed E-state index contributed by atoms with van der Waals surface area (Å²) in [6.07, 6.45) is -0.527. The van der Waals surface area contributed by atoms with Crippen LogP contribution in [0.1, 0.15) is 32.4 Å². The van der Waals surface area contributed by atoms with E-state index < -0.39 is 6.09 Å². The van der Waals surface area contributed by atoms with Crippen LogP contribution >= 0.6 is 0 Å². The van der Waals surface area contributed by atoms with Crippen molar-refractivity contribution in [3.05, 3.63) is 23.8 Å². The molecule has 0 aromatic heterocycles. The minimum absolute atomic E-state index is 0.140. The summed E-state index contributed by atoms with van der Waals surface area (Å²) in [5, 5.41) is 2.66. The van der Waals surface area contributed by atoms with Crippen LogP contribution in [0.4, 0.5) is 4.79 Å². The third-order valence-corrected chi connectivity index (χ3v) is 3.71. The fourth-order valence-electron chi connectivity index (χ4n) is 2.63. The lowest BCUT2D eigenvalue weighted by atomic mass is 10.1. The Labute approximate surface area is 142 Å². The van der Waals surface area contributed by atoms with Gasteiger partial charge in [0.25, 0.3) is 0 Å². The number of methoxy groups -OCH3 is 1. The highest BCUT2D eigenvalue weighted by Crippen LogP contribution is 2.38. The maximum absolute atomic E-state index is 11.5. The zero-order chi connectivity index (χ0) is 17.5. The van der Waals surface area contributed by atoms with Crippen LogP contribution in [0.3, 0.4) is 0 Å². The number of carbonyl (C=O) groups excluding carboxylic acids is 1. The van der Waals surface area contributed by atoms with Crippen molar-refractivity contribution in [3.63, 3.8) is 0 Å². The van der Waals surface area contributed by atoms with Gasteiger partial charge >= 0.3 is 6.09 Å². The monoisotopic (exact) mass is 335 g/mol. The number of para-hydroxylation sites is 1. The number of aliphatic imine (C=N–C) groups is 1. The standard InChI is InChI=1S/C17H25N3O4/c1-5-20-11-13(18-16(20)19-17(21)22-4)12-9-8-10-14(23-6-2)15(12)24-7-3/h8-10,13H,5-7,11H2,1-4H3,(H,18,19,21). The summed E-state index contributed by atoms with van der Waals surface area (Å²) >= 11 is 0. The number of carbonyl (C=O) groups is 1. The number of rotatable bonds is 6. The molecule has 1 atom stereocenters. The Bertz CT molecular complexity index is 603. The first kappa shape index (κ1) is 17.9.